The van der Waals surface area contributed by atoms with Gasteiger partial charge in [0.15, 0.2) is 0 Å². The number of benzene rings is 1. The third-order valence-electron chi connectivity index (χ3n) is 5.11. The number of carbonyl (C=O) groups excluding carboxylic acids is 2. The van der Waals surface area contributed by atoms with Crippen LogP contribution in [0.5, 0.6) is 5.75 Å². The van der Waals surface area contributed by atoms with Gasteiger partial charge in [-0.25, -0.2) is 0 Å². The summed E-state index contributed by atoms with van der Waals surface area (Å²) in [7, 11) is 0. The van der Waals surface area contributed by atoms with E-state index in [0.717, 1.165) is 25.9 Å². The average molecular weight is 396 g/mol. The molecule has 4 rings (SSSR count). The number of nitrogen functional groups attached to an aromatic ring is 1. The summed E-state index contributed by atoms with van der Waals surface area (Å²) in [4.78, 5) is 36.3. The molecule has 2 aromatic rings. The van der Waals surface area contributed by atoms with Gasteiger partial charge in [-0.15, -0.1) is 0 Å². The fourth-order valence-electron chi connectivity index (χ4n) is 3.74. The topological polar surface area (TPSA) is 122 Å². The first-order chi connectivity index (χ1) is 14.1. The van der Waals surface area contributed by atoms with E-state index in [0.29, 0.717) is 35.4 Å². The molecule has 9 nitrogen and oxygen atoms in total. The first kappa shape index (κ1) is 19.0. The van der Waals surface area contributed by atoms with E-state index in [-0.39, 0.29) is 24.1 Å². The number of hydrogen-bond donors (Lipinski definition) is 3. The van der Waals surface area contributed by atoms with Gasteiger partial charge < -0.3 is 26.0 Å². The number of fused-ring (bicyclic) bond motifs is 1. The van der Waals surface area contributed by atoms with Crippen LogP contribution in [-0.2, 0) is 9.59 Å². The van der Waals surface area contributed by atoms with Crippen molar-refractivity contribution in [2.24, 2.45) is 0 Å². The summed E-state index contributed by atoms with van der Waals surface area (Å²) in [5.74, 6) is 0.183. The maximum absolute atomic E-state index is 13.1. The molecule has 1 atom stereocenters. The third-order valence-corrected chi connectivity index (χ3v) is 5.11. The minimum atomic E-state index is -0.777. The van der Waals surface area contributed by atoms with E-state index in [4.69, 9.17) is 10.5 Å². The fraction of sp³-hybridized carbons (Fsp3) is 0.400. The summed E-state index contributed by atoms with van der Waals surface area (Å²) in [5, 5.41) is 5.60. The van der Waals surface area contributed by atoms with Crippen LogP contribution in [-0.4, -0.2) is 41.5 Å². The molecule has 3 heterocycles. The van der Waals surface area contributed by atoms with Gasteiger partial charge in [-0.05, 0) is 31.9 Å². The predicted molar refractivity (Wildman–Crippen MR) is 110 cm³/mol. The quantitative estimate of drug-likeness (QED) is 0.707. The number of amides is 2. The summed E-state index contributed by atoms with van der Waals surface area (Å²) < 4.78 is 5.56. The number of nitrogens with two attached hydrogens (primary N) is 1. The highest BCUT2D eigenvalue weighted by molar-refractivity contribution is 6.06. The van der Waals surface area contributed by atoms with Crippen LogP contribution in [0.15, 0.2) is 24.3 Å². The molecule has 1 aromatic carbocycles. The second-order valence-electron chi connectivity index (χ2n) is 7.09. The Kier molecular flexibility index (Phi) is 5.20. The second kappa shape index (κ2) is 7.94. The molecule has 1 fully saturated rings. The standard InChI is InChI=1S/C20H24N6O3/c1-2-29-14-8-4-3-7-13(14)22-19(28)12-11-15(27)23-18-16(12)17(21)24-20(25-18)26-9-5-6-10-26/h3-4,7-8,12H,2,5-6,9-11H2,1H3,(H,22,28)(H3,21,23,24,25,27). The largest absolute Gasteiger partial charge is 0.492 e. The summed E-state index contributed by atoms with van der Waals surface area (Å²) >= 11 is 0. The van der Waals surface area contributed by atoms with Crippen LogP contribution in [0.1, 0.15) is 37.7 Å². The summed E-state index contributed by atoms with van der Waals surface area (Å²) in [6, 6.07) is 7.17. The second-order valence-corrected chi connectivity index (χ2v) is 7.09. The first-order valence-corrected chi connectivity index (χ1v) is 9.81. The molecule has 1 aromatic heterocycles. The molecule has 1 saturated heterocycles. The monoisotopic (exact) mass is 396 g/mol. The van der Waals surface area contributed by atoms with Gasteiger partial charge in [0.05, 0.1) is 23.8 Å². The number of aromatic nitrogens is 2. The fourth-order valence-corrected chi connectivity index (χ4v) is 3.74. The zero-order valence-corrected chi connectivity index (χ0v) is 16.3. The van der Waals surface area contributed by atoms with Crippen LogP contribution in [0.4, 0.5) is 23.3 Å². The van der Waals surface area contributed by atoms with Gasteiger partial charge in [0.1, 0.15) is 17.4 Å². The van der Waals surface area contributed by atoms with E-state index in [1.165, 1.54) is 0 Å². The number of ether oxygens (including phenoxy) is 1. The van der Waals surface area contributed by atoms with Crippen LogP contribution in [0, 0.1) is 0 Å². The van der Waals surface area contributed by atoms with Crippen LogP contribution >= 0.6 is 0 Å². The van der Waals surface area contributed by atoms with Crippen molar-refractivity contribution in [1.29, 1.82) is 0 Å². The number of anilines is 4. The van der Waals surface area contributed by atoms with Gasteiger partial charge in [0, 0.05) is 19.5 Å². The molecule has 2 aliphatic heterocycles. The minimum Gasteiger partial charge on any atom is -0.492 e. The van der Waals surface area contributed by atoms with Gasteiger partial charge in [0.2, 0.25) is 17.8 Å². The van der Waals surface area contributed by atoms with Crippen molar-refractivity contribution in [2.45, 2.75) is 32.1 Å². The Morgan fingerprint density at radius 3 is 2.83 bits per heavy atom. The van der Waals surface area contributed by atoms with E-state index in [2.05, 4.69) is 20.6 Å². The van der Waals surface area contributed by atoms with E-state index < -0.39 is 5.92 Å². The van der Waals surface area contributed by atoms with Gasteiger partial charge in [-0.3, -0.25) is 9.59 Å². The SMILES string of the molecule is CCOc1ccccc1NC(=O)C1CC(=O)Nc2nc(N3CCCC3)nc(N)c21. The van der Waals surface area contributed by atoms with Crippen LogP contribution in [0.3, 0.4) is 0 Å². The molecule has 1 unspecified atom stereocenters. The Morgan fingerprint density at radius 1 is 1.31 bits per heavy atom. The molecule has 29 heavy (non-hydrogen) atoms. The van der Waals surface area contributed by atoms with Crippen LogP contribution < -0.4 is 26.0 Å². The lowest BCUT2D eigenvalue weighted by molar-refractivity contribution is -0.123. The predicted octanol–water partition coefficient (Wildman–Crippen LogP) is 2.12. The zero-order chi connectivity index (χ0) is 20.4. The smallest absolute Gasteiger partial charge is 0.232 e. The lowest BCUT2D eigenvalue weighted by Gasteiger charge is -2.27. The van der Waals surface area contributed by atoms with Crippen molar-refractivity contribution in [3.63, 3.8) is 0 Å². The molecular formula is C20H24N6O3. The highest BCUT2D eigenvalue weighted by Gasteiger charge is 2.35. The highest BCUT2D eigenvalue weighted by atomic mass is 16.5. The number of nitrogens with zero attached hydrogens (tertiary/aromatic N) is 3. The Morgan fingerprint density at radius 2 is 2.07 bits per heavy atom. The van der Waals surface area contributed by atoms with Gasteiger partial charge in [0.25, 0.3) is 0 Å². The Labute approximate surface area is 168 Å². The van der Waals surface area contributed by atoms with E-state index in [1.807, 2.05) is 17.9 Å². The lowest BCUT2D eigenvalue weighted by Crippen LogP contribution is -2.33. The molecular weight excluding hydrogens is 372 g/mol. The normalized spacial score (nSPS) is 18.2. The zero-order valence-electron chi connectivity index (χ0n) is 16.3. The Bertz CT molecular complexity index is 942. The van der Waals surface area contributed by atoms with Gasteiger partial charge in [-0.1, -0.05) is 12.1 Å². The number of nitrogens with one attached hydrogen (secondary N) is 2. The Hall–Kier alpha value is -3.36. The van der Waals surface area contributed by atoms with Crippen molar-refractivity contribution in [1.82, 2.24) is 9.97 Å². The lowest BCUT2D eigenvalue weighted by atomic mass is 9.92. The number of para-hydroxylation sites is 2. The molecule has 4 N–H and O–H groups in total. The van der Waals surface area contributed by atoms with Gasteiger partial charge in [-0.2, -0.15) is 9.97 Å². The molecule has 0 saturated carbocycles. The number of carbonyl (C=O) groups is 2. The molecule has 0 bridgehead atoms. The van der Waals surface area contributed by atoms with Crippen LogP contribution in [0.2, 0.25) is 0 Å². The van der Waals surface area contributed by atoms with E-state index in [9.17, 15) is 9.59 Å². The molecule has 2 aliphatic rings. The maximum atomic E-state index is 13.1. The molecule has 2 amide bonds. The molecule has 0 aliphatic carbocycles. The molecule has 152 valence electrons. The van der Waals surface area contributed by atoms with Crippen molar-refractivity contribution < 1.29 is 14.3 Å². The molecule has 0 spiro atoms. The summed E-state index contributed by atoms with van der Waals surface area (Å²) in [5.41, 5.74) is 7.22. The van der Waals surface area contributed by atoms with Gasteiger partial charge >= 0.3 is 0 Å². The summed E-state index contributed by atoms with van der Waals surface area (Å²) in [6.45, 7) is 4.05. The van der Waals surface area contributed by atoms with Crippen molar-refractivity contribution >= 4 is 35.1 Å². The first-order valence-electron chi connectivity index (χ1n) is 9.81. The average Bonchev–Trinajstić information content (AvgIpc) is 3.23. The van der Waals surface area contributed by atoms with Crippen molar-refractivity contribution in [3.8, 4) is 5.75 Å². The maximum Gasteiger partial charge on any atom is 0.232 e. The minimum absolute atomic E-state index is 0.0216. The van der Waals surface area contributed by atoms with E-state index in [1.54, 1.807) is 18.2 Å². The van der Waals surface area contributed by atoms with E-state index >= 15 is 0 Å². The molecule has 0 radical (unpaired) electrons. The summed E-state index contributed by atoms with van der Waals surface area (Å²) in [6.07, 6.45) is 2.11. The molecule has 9 heteroatoms. The number of rotatable bonds is 5. The third kappa shape index (κ3) is 3.80. The number of hydrogen-bond acceptors (Lipinski definition) is 7. The Balaban J connectivity index is 1.64. The highest BCUT2D eigenvalue weighted by Crippen LogP contribution is 2.37. The van der Waals surface area contributed by atoms with Crippen LogP contribution in [0.25, 0.3) is 0 Å². The van der Waals surface area contributed by atoms with Crippen molar-refractivity contribution in [3.05, 3.63) is 29.8 Å². The van der Waals surface area contributed by atoms with Crippen molar-refractivity contribution in [2.75, 3.05) is 41.0 Å².